The van der Waals surface area contributed by atoms with E-state index in [4.69, 9.17) is 5.10 Å². The molecule has 1 aromatic carbocycles. The molecular formula is C21H25N5O3S. The van der Waals surface area contributed by atoms with Crippen molar-refractivity contribution in [1.29, 1.82) is 0 Å². The molecule has 0 atom stereocenters. The van der Waals surface area contributed by atoms with Crippen LogP contribution in [-0.2, 0) is 10.0 Å². The highest BCUT2D eigenvalue weighted by atomic mass is 32.2. The SMILES string of the molecule is Cc1cc(Nc2nn(C3CC3)c3ccc(S(=O)(=O)N4CCC(O)CC4)cc23)ccn1. The standard InChI is InChI=1S/C21H25N5O3S/c1-14-12-15(6-9-22-14)23-21-19-13-18(4-5-20(19)26(24-21)16-2-3-16)30(28,29)25-10-7-17(27)8-11-25/h4-6,9,12-13,16-17,27H,2-3,7-8,10-11H2,1H3,(H,22,23,24). The number of fused-ring (bicyclic) bond motifs is 1. The molecule has 3 aromatic rings. The fourth-order valence-corrected chi connectivity index (χ4v) is 5.46. The Kier molecular flexibility index (Phi) is 4.76. The van der Waals surface area contributed by atoms with E-state index in [-0.39, 0.29) is 4.90 Å². The van der Waals surface area contributed by atoms with Gasteiger partial charge in [0.25, 0.3) is 0 Å². The number of nitrogens with one attached hydrogen (secondary N) is 1. The molecule has 3 heterocycles. The Balaban J connectivity index is 1.55. The van der Waals surface area contributed by atoms with Gasteiger partial charge in [-0.05, 0) is 62.9 Å². The molecule has 1 saturated heterocycles. The van der Waals surface area contributed by atoms with Gasteiger partial charge in [0.1, 0.15) is 0 Å². The lowest BCUT2D eigenvalue weighted by atomic mass is 10.1. The van der Waals surface area contributed by atoms with E-state index in [2.05, 4.69) is 10.3 Å². The summed E-state index contributed by atoms with van der Waals surface area (Å²) in [5.74, 6) is 0.647. The number of hydrogen-bond donors (Lipinski definition) is 2. The highest BCUT2D eigenvalue weighted by Crippen LogP contribution is 2.40. The van der Waals surface area contributed by atoms with E-state index in [0.29, 0.717) is 37.8 Å². The maximum atomic E-state index is 13.2. The number of aryl methyl sites for hydroxylation is 1. The fourth-order valence-electron chi connectivity index (χ4n) is 3.96. The molecule has 0 unspecified atom stereocenters. The van der Waals surface area contributed by atoms with Crippen LogP contribution in [-0.4, -0.2) is 51.8 Å². The summed E-state index contributed by atoms with van der Waals surface area (Å²) in [4.78, 5) is 4.48. The third-order valence-corrected chi connectivity index (χ3v) is 7.69. The molecule has 2 aromatic heterocycles. The molecule has 30 heavy (non-hydrogen) atoms. The van der Waals surface area contributed by atoms with E-state index >= 15 is 0 Å². The van der Waals surface area contributed by atoms with Crippen LogP contribution in [0.15, 0.2) is 41.4 Å². The van der Waals surface area contributed by atoms with Crippen LogP contribution in [0.5, 0.6) is 0 Å². The number of aliphatic hydroxyl groups excluding tert-OH is 1. The molecule has 8 nitrogen and oxygen atoms in total. The zero-order chi connectivity index (χ0) is 20.9. The van der Waals surface area contributed by atoms with Crippen LogP contribution >= 0.6 is 0 Å². The van der Waals surface area contributed by atoms with Crippen molar-refractivity contribution >= 4 is 32.4 Å². The van der Waals surface area contributed by atoms with Crippen LogP contribution in [0.2, 0.25) is 0 Å². The summed E-state index contributed by atoms with van der Waals surface area (Å²) in [6, 6.07) is 9.42. The van der Waals surface area contributed by atoms with Gasteiger partial charge < -0.3 is 10.4 Å². The van der Waals surface area contributed by atoms with Gasteiger partial charge in [-0.15, -0.1) is 0 Å². The van der Waals surface area contributed by atoms with Crippen LogP contribution in [0.1, 0.15) is 37.4 Å². The second-order valence-electron chi connectivity index (χ2n) is 8.15. The topological polar surface area (TPSA) is 100 Å². The zero-order valence-corrected chi connectivity index (χ0v) is 17.6. The fraction of sp³-hybridized carbons (Fsp3) is 0.429. The van der Waals surface area contributed by atoms with Crippen LogP contribution in [0, 0.1) is 6.92 Å². The van der Waals surface area contributed by atoms with Crippen LogP contribution in [0.25, 0.3) is 10.9 Å². The lowest BCUT2D eigenvalue weighted by Crippen LogP contribution is -2.39. The molecule has 2 fully saturated rings. The maximum absolute atomic E-state index is 13.2. The first kappa shape index (κ1) is 19.5. The molecule has 1 saturated carbocycles. The van der Waals surface area contributed by atoms with Crippen molar-refractivity contribution < 1.29 is 13.5 Å². The first-order valence-electron chi connectivity index (χ1n) is 10.3. The van der Waals surface area contributed by atoms with Crippen molar-refractivity contribution in [1.82, 2.24) is 19.1 Å². The summed E-state index contributed by atoms with van der Waals surface area (Å²) in [6.45, 7) is 2.60. The molecule has 0 amide bonds. The quantitative estimate of drug-likeness (QED) is 0.649. The number of rotatable bonds is 5. The number of hydrogen-bond acceptors (Lipinski definition) is 6. The van der Waals surface area contributed by atoms with E-state index in [1.165, 1.54) is 4.31 Å². The molecule has 1 aliphatic carbocycles. The van der Waals surface area contributed by atoms with Crippen molar-refractivity contribution in [3.05, 3.63) is 42.2 Å². The van der Waals surface area contributed by atoms with Gasteiger partial charge in [0.2, 0.25) is 10.0 Å². The molecule has 0 spiro atoms. The predicted octanol–water partition coefficient (Wildman–Crippen LogP) is 2.96. The Bertz CT molecular complexity index is 1190. The molecule has 2 N–H and O–H groups in total. The van der Waals surface area contributed by atoms with Crippen molar-refractivity contribution in [2.45, 2.75) is 49.6 Å². The molecule has 1 aliphatic heterocycles. The lowest BCUT2D eigenvalue weighted by molar-refractivity contribution is 0.113. The van der Waals surface area contributed by atoms with E-state index in [9.17, 15) is 13.5 Å². The molecular weight excluding hydrogens is 402 g/mol. The summed E-state index contributed by atoms with van der Waals surface area (Å²) >= 11 is 0. The summed E-state index contributed by atoms with van der Waals surface area (Å²) < 4.78 is 29.8. The third kappa shape index (κ3) is 3.57. The summed E-state index contributed by atoms with van der Waals surface area (Å²) in [6.07, 6.45) is 4.42. The predicted molar refractivity (Wildman–Crippen MR) is 114 cm³/mol. The number of aromatic nitrogens is 3. The van der Waals surface area contributed by atoms with Gasteiger partial charge in [-0.25, -0.2) is 8.42 Å². The van der Waals surface area contributed by atoms with Gasteiger partial charge in [-0.1, -0.05) is 0 Å². The van der Waals surface area contributed by atoms with Crippen molar-refractivity contribution in [2.75, 3.05) is 18.4 Å². The molecule has 2 aliphatic rings. The van der Waals surface area contributed by atoms with Gasteiger partial charge in [0.15, 0.2) is 5.82 Å². The Morgan fingerprint density at radius 1 is 1.10 bits per heavy atom. The average molecular weight is 428 g/mol. The summed E-state index contributed by atoms with van der Waals surface area (Å²) in [7, 11) is -3.62. The minimum Gasteiger partial charge on any atom is -0.393 e. The number of nitrogens with zero attached hydrogens (tertiary/aromatic N) is 4. The average Bonchev–Trinajstić information content (AvgIpc) is 3.51. The molecule has 5 rings (SSSR count). The van der Waals surface area contributed by atoms with E-state index in [1.54, 1.807) is 18.3 Å². The monoisotopic (exact) mass is 427 g/mol. The van der Waals surface area contributed by atoms with E-state index < -0.39 is 16.1 Å². The van der Waals surface area contributed by atoms with Gasteiger partial charge in [-0.2, -0.15) is 9.40 Å². The van der Waals surface area contributed by atoms with Crippen molar-refractivity contribution in [3.63, 3.8) is 0 Å². The molecule has 0 radical (unpaired) electrons. The maximum Gasteiger partial charge on any atom is 0.243 e. The Morgan fingerprint density at radius 2 is 1.87 bits per heavy atom. The van der Waals surface area contributed by atoms with Crippen molar-refractivity contribution in [2.24, 2.45) is 0 Å². The minimum atomic E-state index is -3.62. The van der Waals surface area contributed by atoms with E-state index in [0.717, 1.165) is 35.1 Å². The number of pyridine rings is 1. The second-order valence-corrected chi connectivity index (χ2v) is 10.1. The van der Waals surface area contributed by atoms with Crippen molar-refractivity contribution in [3.8, 4) is 0 Å². The highest BCUT2D eigenvalue weighted by Gasteiger charge is 2.31. The Morgan fingerprint density at radius 3 is 2.57 bits per heavy atom. The first-order chi connectivity index (χ1) is 14.4. The minimum absolute atomic E-state index is 0.260. The number of piperidine rings is 1. The third-order valence-electron chi connectivity index (χ3n) is 5.79. The number of aliphatic hydroxyl groups is 1. The summed E-state index contributed by atoms with van der Waals surface area (Å²) in [5, 5.41) is 18.6. The number of sulfonamides is 1. The van der Waals surface area contributed by atoms with Gasteiger partial charge >= 0.3 is 0 Å². The van der Waals surface area contributed by atoms with Gasteiger partial charge in [-0.3, -0.25) is 9.67 Å². The smallest absolute Gasteiger partial charge is 0.243 e. The van der Waals surface area contributed by atoms with E-state index in [1.807, 2.05) is 29.8 Å². The molecule has 158 valence electrons. The molecule has 9 heteroatoms. The number of anilines is 2. The molecule has 0 bridgehead atoms. The lowest BCUT2D eigenvalue weighted by Gasteiger charge is -2.28. The van der Waals surface area contributed by atoms with Crippen LogP contribution in [0.3, 0.4) is 0 Å². The second kappa shape index (κ2) is 7.33. The Labute approximate surface area is 175 Å². The largest absolute Gasteiger partial charge is 0.393 e. The number of benzene rings is 1. The van der Waals surface area contributed by atoms with Crippen LogP contribution < -0.4 is 5.32 Å². The zero-order valence-electron chi connectivity index (χ0n) is 16.8. The van der Waals surface area contributed by atoms with Gasteiger partial charge in [0, 0.05) is 36.1 Å². The first-order valence-corrected chi connectivity index (χ1v) is 11.8. The normalized spacial score (nSPS) is 18.7. The summed E-state index contributed by atoms with van der Waals surface area (Å²) in [5.41, 5.74) is 2.68. The van der Waals surface area contributed by atoms with Crippen LogP contribution in [0.4, 0.5) is 11.5 Å². The van der Waals surface area contributed by atoms with Gasteiger partial charge in [0.05, 0.1) is 22.6 Å². The Hall–Kier alpha value is -2.49. The highest BCUT2D eigenvalue weighted by molar-refractivity contribution is 7.89.